The van der Waals surface area contributed by atoms with E-state index in [0.29, 0.717) is 34.7 Å². The first-order chi connectivity index (χ1) is 16.9. The molecule has 182 valence electrons. The molecule has 3 N–H and O–H groups in total. The summed E-state index contributed by atoms with van der Waals surface area (Å²) >= 11 is 0. The van der Waals surface area contributed by atoms with Crippen molar-refractivity contribution in [3.63, 3.8) is 0 Å². The molecule has 0 aromatic carbocycles. The molecular weight excluding hydrogens is 444 g/mol. The summed E-state index contributed by atoms with van der Waals surface area (Å²) in [5, 5.41) is 23.7. The van der Waals surface area contributed by atoms with Gasteiger partial charge >= 0.3 is 0 Å². The third-order valence-corrected chi connectivity index (χ3v) is 6.08. The Hall–Kier alpha value is -4.00. The minimum atomic E-state index is -0.185. The fourth-order valence-electron chi connectivity index (χ4n) is 4.30. The van der Waals surface area contributed by atoms with Crippen molar-refractivity contribution in [1.29, 1.82) is 5.26 Å². The molecule has 10 heteroatoms. The predicted octanol–water partition coefficient (Wildman–Crippen LogP) is 3.07. The smallest absolute Gasteiger partial charge is 0.255 e. The van der Waals surface area contributed by atoms with E-state index in [1.807, 2.05) is 20.8 Å². The SMILES string of the molecule is CCC(=O)NC1CCC(NC(=O)c2cnc(-n3ncc4cc(C#N)cnc43)cc2NC(C)C)CC1. The standard InChI is InChI=1S/C25H30N8O2/c1-4-23(34)31-18-5-7-19(8-6-18)32-25(35)20-14-27-22(10-21(20)30-15(2)3)33-24-17(13-29-33)9-16(11-26)12-28-24/h9-10,12-15,18-19H,4-8H2,1-3H3,(H,27,30)(H,31,34)(H,32,35). The predicted molar refractivity (Wildman–Crippen MR) is 132 cm³/mol. The molecule has 0 aliphatic heterocycles. The van der Waals surface area contributed by atoms with Gasteiger partial charge in [0.25, 0.3) is 5.91 Å². The molecule has 10 nitrogen and oxygen atoms in total. The van der Waals surface area contributed by atoms with Gasteiger partial charge in [0.1, 0.15) is 6.07 Å². The van der Waals surface area contributed by atoms with Gasteiger partial charge < -0.3 is 16.0 Å². The summed E-state index contributed by atoms with van der Waals surface area (Å²) in [5.41, 5.74) is 2.15. The zero-order chi connectivity index (χ0) is 24.9. The minimum absolute atomic E-state index is 0.0532. The summed E-state index contributed by atoms with van der Waals surface area (Å²) in [4.78, 5) is 33.7. The van der Waals surface area contributed by atoms with Crippen molar-refractivity contribution in [3.05, 3.63) is 41.9 Å². The molecule has 0 saturated heterocycles. The average Bonchev–Trinajstić information content (AvgIpc) is 3.27. The van der Waals surface area contributed by atoms with Crippen molar-refractivity contribution in [1.82, 2.24) is 30.4 Å². The van der Waals surface area contributed by atoms with Gasteiger partial charge in [0.15, 0.2) is 11.5 Å². The number of rotatable bonds is 7. The number of nitriles is 1. The summed E-state index contributed by atoms with van der Waals surface area (Å²) in [6.07, 6.45) is 8.49. The van der Waals surface area contributed by atoms with E-state index >= 15 is 0 Å². The van der Waals surface area contributed by atoms with Gasteiger partial charge in [-0.05, 0) is 45.6 Å². The van der Waals surface area contributed by atoms with E-state index < -0.39 is 0 Å². The molecule has 4 rings (SSSR count). The number of pyridine rings is 2. The molecule has 1 fully saturated rings. The number of carbonyl (C=O) groups is 2. The number of hydrogen-bond donors (Lipinski definition) is 3. The van der Waals surface area contributed by atoms with Crippen LogP contribution in [0.15, 0.2) is 30.7 Å². The van der Waals surface area contributed by atoms with E-state index in [0.717, 1.165) is 31.1 Å². The largest absolute Gasteiger partial charge is 0.382 e. The van der Waals surface area contributed by atoms with Crippen LogP contribution in [0.25, 0.3) is 16.9 Å². The highest BCUT2D eigenvalue weighted by molar-refractivity contribution is 5.99. The summed E-state index contributed by atoms with van der Waals surface area (Å²) < 4.78 is 1.59. The lowest BCUT2D eigenvalue weighted by Gasteiger charge is -2.30. The van der Waals surface area contributed by atoms with E-state index in [9.17, 15) is 9.59 Å². The number of aromatic nitrogens is 4. The van der Waals surface area contributed by atoms with Crippen LogP contribution < -0.4 is 16.0 Å². The zero-order valence-corrected chi connectivity index (χ0v) is 20.2. The molecule has 3 heterocycles. The van der Waals surface area contributed by atoms with Crippen molar-refractivity contribution < 1.29 is 9.59 Å². The third kappa shape index (κ3) is 5.57. The van der Waals surface area contributed by atoms with Crippen LogP contribution in [0, 0.1) is 11.3 Å². The first-order valence-electron chi connectivity index (χ1n) is 12.0. The molecule has 0 spiro atoms. The maximum absolute atomic E-state index is 13.2. The van der Waals surface area contributed by atoms with Gasteiger partial charge in [-0.25, -0.2) is 9.97 Å². The number of anilines is 1. The van der Waals surface area contributed by atoms with E-state index in [1.54, 1.807) is 29.2 Å². The van der Waals surface area contributed by atoms with Crippen LogP contribution in [0.1, 0.15) is 68.8 Å². The molecule has 3 aromatic rings. The molecule has 1 aliphatic carbocycles. The fraction of sp³-hybridized carbons (Fsp3) is 0.440. The maximum Gasteiger partial charge on any atom is 0.255 e. The maximum atomic E-state index is 13.2. The third-order valence-electron chi connectivity index (χ3n) is 6.08. The van der Waals surface area contributed by atoms with Crippen molar-refractivity contribution in [2.24, 2.45) is 0 Å². The van der Waals surface area contributed by atoms with Gasteiger partial charge in [-0.2, -0.15) is 15.0 Å². The van der Waals surface area contributed by atoms with Crippen molar-refractivity contribution >= 4 is 28.5 Å². The zero-order valence-electron chi connectivity index (χ0n) is 20.2. The number of hydrogen-bond acceptors (Lipinski definition) is 7. The lowest BCUT2D eigenvalue weighted by molar-refractivity contribution is -0.121. The average molecular weight is 475 g/mol. The second-order valence-electron chi connectivity index (χ2n) is 9.14. The van der Waals surface area contributed by atoms with E-state index in [4.69, 9.17) is 5.26 Å². The lowest BCUT2D eigenvalue weighted by Crippen LogP contribution is -2.43. The Morgan fingerprint density at radius 3 is 2.46 bits per heavy atom. The van der Waals surface area contributed by atoms with Crippen LogP contribution >= 0.6 is 0 Å². The number of carbonyl (C=O) groups excluding carboxylic acids is 2. The Labute approximate surface area is 204 Å². The van der Waals surface area contributed by atoms with Gasteiger partial charge in [0, 0.05) is 48.4 Å². The molecule has 0 atom stereocenters. The van der Waals surface area contributed by atoms with Crippen LogP contribution in [-0.2, 0) is 4.79 Å². The Kier molecular flexibility index (Phi) is 7.25. The second-order valence-corrected chi connectivity index (χ2v) is 9.14. The normalized spacial score (nSPS) is 17.7. The van der Waals surface area contributed by atoms with Gasteiger partial charge in [0.05, 0.1) is 23.0 Å². The van der Waals surface area contributed by atoms with Gasteiger partial charge in [0.2, 0.25) is 5.91 Å². The Balaban J connectivity index is 1.52. The lowest BCUT2D eigenvalue weighted by atomic mass is 9.91. The van der Waals surface area contributed by atoms with Gasteiger partial charge in [-0.15, -0.1) is 0 Å². The highest BCUT2D eigenvalue weighted by Crippen LogP contribution is 2.24. The monoisotopic (exact) mass is 474 g/mol. The van der Waals surface area contributed by atoms with Crippen LogP contribution in [0.3, 0.4) is 0 Å². The molecule has 1 saturated carbocycles. The Bertz CT molecular complexity index is 1270. The highest BCUT2D eigenvalue weighted by atomic mass is 16.2. The Morgan fingerprint density at radius 1 is 1.09 bits per heavy atom. The summed E-state index contributed by atoms with van der Waals surface area (Å²) in [5.74, 6) is 0.401. The number of nitrogens with zero attached hydrogens (tertiary/aromatic N) is 5. The van der Waals surface area contributed by atoms with Crippen LogP contribution in [0.5, 0.6) is 0 Å². The summed E-state index contributed by atoms with van der Waals surface area (Å²) in [6.45, 7) is 5.85. The number of nitrogens with one attached hydrogen (secondary N) is 3. The van der Waals surface area contributed by atoms with Crippen LogP contribution in [-0.4, -0.2) is 49.7 Å². The number of fused-ring (bicyclic) bond motifs is 1. The molecule has 0 unspecified atom stereocenters. The van der Waals surface area contributed by atoms with Crippen molar-refractivity contribution in [2.75, 3.05) is 5.32 Å². The molecule has 2 amide bonds. The molecule has 0 radical (unpaired) electrons. The van der Waals surface area contributed by atoms with Crippen LogP contribution in [0.2, 0.25) is 0 Å². The van der Waals surface area contributed by atoms with Crippen LogP contribution in [0.4, 0.5) is 5.69 Å². The van der Waals surface area contributed by atoms with Crippen molar-refractivity contribution in [2.45, 2.75) is 71.0 Å². The second kappa shape index (κ2) is 10.5. The first-order valence-corrected chi connectivity index (χ1v) is 12.0. The van der Waals surface area contributed by atoms with Gasteiger partial charge in [-0.1, -0.05) is 6.92 Å². The summed E-state index contributed by atoms with van der Waals surface area (Å²) in [6, 6.07) is 5.92. The quantitative estimate of drug-likeness (QED) is 0.478. The first kappa shape index (κ1) is 24.1. The molecule has 3 aromatic heterocycles. The highest BCUT2D eigenvalue weighted by Gasteiger charge is 2.25. The molecule has 0 bridgehead atoms. The fourth-order valence-corrected chi connectivity index (χ4v) is 4.30. The summed E-state index contributed by atoms with van der Waals surface area (Å²) in [7, 11) is 0. The van der Waals surface area contributed by atoms with Crippen molar-refractivity contribution in [3.8, 4) is 11.9 Å². The van der Waals surface area contributed by atoms with E-state index in [1.165, 1.54) is 6.20 Å². The Morgan fingerprint density at radius 2 is 1.80 bits per heavy atom. The van der Waals surface area contributed by atoms with Gasteiger partial charge in [-0.3, -0.25) is 9.59 Å². The molecular formula is C25H30N8O2. The molecule has 35 heavy (non-hydrogen) atoms. The molecule has 1 aliphatic rings. The number of amides is 2. The topological polar surface area (TPSA) is 138 Å². The van der Waals surface area contributed by atoms with E-state index in [-0.39, 0.29) is 29.9 Å². The van der Waals surface area contributed by atoms with E-state index in [2.05, 4.69) is 37.1 Å². The minimum Gasteiger partial charge on any atom is -0.382 e.